The van der Waals surface area contributed by atoms with Crippen molar-refractivity contribution in [2.75, 3.05) is 30.3 Å². The summed E-state index contributed by atoms with van der Waals surface area (Å²) in [5.74, 6) is 0.469. The van der Waals surface area contributed by atoms with Crippen molar-refractivity contribution in [3.05, 3.63) is 29.2 Å². The first kappa shape index (κ1) is 19.8. The topological polar surface area (TPSA) is 84.9 Å². The lowest BCUT2D eigenvalue weighted by atomic mass is 10.1. The van der Waals surface area contributed by atoms with E-state index in [0.717, 1.165) is 32.0 Å². The van der Waals surface area contributed by atoms with E-state index >= 15 is 4.39 Å². The summed E-state index contributed by atoms with van der Waals surface area (Å²) >= 11 is 6.26. The number of fused-ring (bicyclic) bond motifs is 1. The van der Waals surface area contributed by atoms with Gasteiger partial charge in [0.25, 0.3) is 0 Å². The molecule has 1 unspecified atom stereocenters. The zero-order valence-corrected chi connectivity index (χ0v) is 17.5. The van der Waals surface area contributed by atoms with Crippen LogP contribution in [0.25, 0.3) is 22.3 Å². The molecule has 3 aromatic rings. The Morgan fingerprint density at radius 3 is 2.83 bits per heavy atom. The van der Waals surface area contributed by atoms with Crippen molar-refractivity contribution in [1.29, 1.82) is 0 Å². The van der Waals surface area contributed by atoms with Crippen LogP contribution in [-0.4, -0.2) is 45.2 Å². The molecule has 4 rings (SSSR count). The average molecular weight is 418 g/mol. The summed E-state index contributed by atoms with van der Waals surface area (Å²) in [6.07, 6.45) is 2.43. The van der Waals surface area contributed by atoms with Crippen LogP contribution < -0.4 is 16.0 Å². The lowest BCUT2D eigenvalue weighted by Crippen LogP contribution is -2.36. The van der Waals surface area contributed by atoms with Gasteiger partial charge in [0.2, 0.25) is 11.9 Å². The molecule has 3 heterocycles. The normalized spacial score (nSPS) is 17.9. The van der Waals surface area contributed by atoms with Crippen molar-refractivity contribution in [3.8, 4) is 11.3 Å². The van der Waals surface area contributed by atoms with Gasteiger partial charge >= 0.3 is 0 Å². The Morgan fingerprint density at radius 2 is 2.07 bits per heavy atom. The first-order chi connectivity index (χ1) is 13.9. The number of anilines is 2. The molecule has 0 aliphatic carbocycles. The lowest BCUT2D eigenvalue weighted by molar-refractivity contribution is 0.566. The van der Waals surface area contributed by atoms with E-state index in [9.17, 15) is 0 Å². The molecule has 0 saturated carbocycles. The van der Waals surface area contributed by atoms with E-state index in [1.165, 1.54) is 12.3 Å². The predicted molar refractivity (Wildman–Crippen MR) is 115 cm³/mol. The number of nitrogen functional groups attached to an aromatic ring is 1. The minimum Gasteiger partial charge on any atom is -0.368 e. The molecule has 29 heavy (non-hydrogen) atoms. The fourth-order valence-electron chi connectivity index (χ4n) is 3.88. The Labute approximate surface area is 174 Å². The molecule has 2 aromatic heterocycles. The van der Waals surface area contributed by atoms with E-state index in [1.807, 2.05) is 6.07 Å². The standard InChI is InChI=1S/C20H25ClFN7/c1-11(2)29-16-9-13(17-14(21)10-25-19(23)26-17)8-15(22)18(16)27-20(29)28-7-6-24-5-4-12(28)3/h8-12,24H,4-7H2,1-3H3,(H2,23,25,26). The molecular weight excluding hydrogens is 393 g/mol. The van der Waals surface area contributed by atoms with Crippen LogP contribution in [0, 0.1) is 5.82 Å². The van der Waals surface area contributed by atoms with Gasteiger partial charge in [0, 0.05) is 30.7 Å². The van der Waals surface area contributed by atoms with Crippen LogP contribution in [-0.2, 0) is 0 Å². The van der Waals surface area contributed by atoms with Crippen LogP contribution in [0.4, 0.5) is 16.3 Å². The van der Waals surface area contributed by atoms with Crippen LogP contribution >= 0.6 is 11.6 Å². The van der Waals surface area contributed by atoms with Crippen molar-refractivity contribution >= 4 is 34.5 Å². The van der Waals surface area contributed by atoms with Gasteiger partial charge in [-0.1, -0.05) is 11.6 Å². The Hall–Kier alpha value is -2.45. The van der Waals surface area contributed by atoms with Gasteiger partial charge in [-0.2, -0.15) is 0 Å². The van der Waals surface area contributed by atoms with Crippen molar-refractivity contribution in [1.82, 2.24) is 24.8 Å². The molecule has 7 nitrogen and oxygen atoms in total. The molecule has 1 aromatic carbocycles. The van der Waals surface area contributed by atoms with Gasteiger partial charge in [-0.25, -0.2) is 19.3 Å². The fraction of sp³-hybridized carbons (Fsp3) is 0.450. The Bertz CT molecular complexity index is 1050. The van der Waals surface area contributed by atoms with Gasteiger partial charge in [-0.05, 0) is 45.9 Å². The van der Waals surface area contributed by atoms with E-state index in [2.05, 4.69) is 45.5 Å². The zero-order chi connectivity index (χ0) is 20.7. The maximum absolute atomic E-state index is 15.1. The summed E-state index contributed by atoms with van der Waals surface area (Å²) in [5, 5.41) is 3.74. The summed E-state index contributed by atoms with van der Waals surface area (Å²) in [6.45, 7) is 8.99. The van der Waals surface area contributed by atoms with Gasteiger partial charge < -0.3 is 20.5 Å². The monoisotopic (exact) mass is 417 g/mol. The Kier molecular flexibility index (Phi) is 5.31. The summed E-state index contributed by atoms with van der Waals surface area (Å²) < 4.78 is 17.2. The number of rotatable bonds is 3. The minimum absolute atomic E-state index is 0.0915. The largest absolute Gasteiger partial charge is 0.368 e. The molecule has 1 fully saturated rings. The van der Waals surface area contributed by atoms with Crippen LogP contribution in [0.3, 0.4) is 0 Å². The molecule has 0 radical (unpaired) electrons. The highest BCUT2D eigenvalue weighted by Gasteiger charge is 2.26. The average Bonchev–Trinajstić information content (AvgIpc) is 2.93. The van der Waals surface area contributed by atoms with Crippen molar-refractivity contribution < 1.29 is 4.39 Å². The van der Waals surface area contributed by atoms with Crippen LogP contribution in [0.1, 0.15) is 33.2 Å². The van der Waals surface area contributed by atoms with Gasteiger partial charge in [0.1, 0.15) is 5.52 Å². The number of halogens is 2. The van der Waals surface area contributed by atoms with Crippen LogP contribution in [0.5, 0.6) is 0 Å². The summed E-state index contributed by atoms with van der Waals surface area (Å²) in [6, 6.07) is 3.69. The fourth-order valence-corrected chi connectivity index (χ4v) is 4.08. The molecular formula is C20H25ClFN7. The molecule has 1 aliphatic rings. The maximum atomic E-state index is 15.1. The smallest absolute Gasteiger partial charge is 0.220 e. The maximum Gasteiger partial charge on any atom is 0.220 e. The molecule has 1 atom stereocenters. The number of imidazole rings is 1. The highest BCUT2D eigenvalue weighted by Crippen LogP contribution is 2.35. The number of hydrogen-bond acceptors (Lipinski definition) is 6. The highest BCUT2D eigenvalue weighted by molar-refractivity contribution is 6.33. The number of hydrogen-bond donors (Lipinski definition) is 2. The van der Waals surface area contributed by atoms with Crippen LogP contribution in [0.15, 0.2) is 18.3 Å². The van der Waals surface area contributed by atoms with Crippen molar-refractivity contribution in [3.63, 3.8) is 0 Å². The van der Waals surface area contributed by atoms with Gasteiger partial charge in [-0.3, -0.25) is 0 Å². The first-order valence-electron chi connectivity index (χ1n) is 9.84. The molecule has 0 amide bonds. The second-order valence-corrected chi connectivity index (χ2v) is 8.11. The number of nitrogens with two attached hydrogens (primary N) is 1. The van der Waals surface area contributed by atoms with Crippen molar-refractivity contribution in [2.45, 2.75) is 39.3 Å². The number of nitrogens with one attached hydrogen (secondary N) is 1. The van der Waals surface area contributed by atoms with Gasteiger partial charge in [0.15, 0.2) is 5.82 Å². The summed E-state index contributed by atoms with van der Waals surface area (Å²) in [4.78, 5) is 15.1. The van der Waals surface area contributed by atoms with E-state index in [1.54, 1.807) is 0 Å². The van der Waals surface area contributed by atoms with E-state index in [4.69, 9.17) is 22.3 Å². The SMILES string of the molecule is CC1CCNCCN1c1nc2c(F)cc(-c3nc(N)ncc3Cl)cc2n1C(C)C. The number of nitrogens with zero attached hydrogens (tertiary/aromatic N) is 5. The van der Waals surface area contributed by atoms with Gasteiger partial charge in [-0.15, -0.1) is 0 Å². The minimum atomic E-state index is -0.410. The highest BCUT2D eigenvalue weighted by atomic mass is 35.5. The molecule has 1 saturated heterocycles. The second-order valence-electron chi connectivity index (χ2n) is 7.71. The molecule has 1 aliphatic heterocycles. The summed E-state index contributed by atoms with van der Waals surface area (Å²) in [7, 11) is 0. The quantitative estimate of drug-likeness (QED) is 0.676. The zero-order valence-electron chi connectivity index (χ0n) is 16.8. The van der Waals surface area contributed by atoms with E-state index in [0.29, 0.717) is 33.4 Å². The molecule has 0 spiro atoms. The van der Waals surface area contributed by atoms with Crippen LogP contribution in [0.2, 0.25) is 5.02 Å². The lowest BCUT2D eigenvalue weighted by Gasteiger charge is -2.29. The third kappa shape index (κ3) is 3.62. The third-order valence-corrected chi connectivity index (χ3v) is 5.62. The second kappa shape index (κ2) is 7.76. The molecule has 3 N–H and O–H groups in total. The Balaban J connectivity index is 1.93. The molecule has 9 heteroatoms. The predicted octanol–water partition coefficient (Wildman–Crippen LogP) is 3.64. The third-order valence-electron chi connectivity index (χ3n) is 5.34. The number of aromatic nitrogens is 4. The van der Waals surface area contributed by atoms with Gasteiger partial charge in [0.05, 0.1) is 22.4 Å². The number of benzene rings is 1. The Morgan fingerprint density at radius 1 is 1.28 bits per heavy atom. The first-order valence-corrected chi connectivity index (χ1v) is 10.2. The molecule has 154 valence electrons. The summed E-state index contributed by atoms with van der Waals surface area (Å²) in [5.41, 5.74) is 7.74. The van der Waals surface area contributed by atoms with Crippen molar-refractivity contribution in [2.24, 2.45) is 0 Å². The molecule has 0 bridgehead atoms. The van der Waals surface area contributed by atoms with E-state index < -0.39 is 5.82 Å². The van der Waals surface area contributed by atoms with E-state index in [-0.39, 0.29) is 12.0 Å².